The van der Waals surface area contributed by atoms with Gasteiger partial charge in [0.15, 0.2) is 0 Å². The van der Waals surface area contributed by atoms with Gasteiger partial charge in [-0.3, -0.25) is 14.9 Å². The molecule has 0 radical (unpaired) electrons. The van der Waals surface area contributed by atoms with E-state index in [0.29, 0.717) is 5.69 Å². The highest BCUT2D eigenvalue weighted by Gasteiger charge is 2.14. The van der Waals surface area contributed by atoms with E-state index in [1.807, 2.05) is 0 Å². The van der Waals surface area contributed by atoms with Crippen molar-refractivity contribution in [3.05, 3.63) is 61.8 Å². The van der Waals surface area contributed by atoms with Gasteiger partial charge in [0.25, 0.3) is 11.6 Å². The molecule has 0 saturated carbocycles. The number of pyridine rings is 1. The van der Waals surface area contributed by atoms with Crippen LogP contribution in [0.15, 0.2) is 40.9 Å². The normalized spacial score (nSPS) is 10.1. The summed E-state index contributed by atoms with van der Waals surface area (Å²) in [4.78, 5) is 25.9. The minimum Gasteiger partial charge on any atom is -0.321 e. The summed E-state index contributed by atoms with van der Waals surface area (Å²) in [7, 11) is 0. The second-order valence-electron chi connectivity index (χ2n) is 3.72. The highest BCUT2D eigenvalue weighted by molar-refractivity contribution is 9.10. The lowest BCUT2D eigenvalue weighted by Crippen LogP contribution is -2.13. The van der Waals surface area contributed by atoms with Crippen LogP contribution in [0.2, 0.25) is 5.15 Å². The molecule has 1 amide bonds. The van der Waals surface area contributed by atoms with Crippen LogP contribution in [-0.4, -0.2) is 15.8 Å². The minimum absolute atomic E-state index is 0.0797. The zero-order valence-corrected chi connectivity index (χ0v) is 12.2. The predicted octanol–water partition coefficient (Wildman–Crippen LogP) is 3.66. The summed E-state index contributed by atoms with van der Waals surface area (Å²) in [6.07, 6.45) is 0. The number of nitrogens with zero attached hydrogens (tertiary/aromatic N) is 2. The summed E-state index contributed by atoms with van der Waals surface area (Å²) in [6, 6.07) is 8.86. The Hall–Kier alpha value is -1.99. The molecule has 1 aromatic heterocycles. The third-order valence-corrected chi connectivity index (χ3v) is 3.20. The van der Waals surface area contributed by atoms with E-state index in [0.717, 1.165) is 0 Å². The molecule has 2 rings (SSSR count). The van der Waals surface area contributed by atoms with Crippen molar-refractivity contribution in [2.45, 2.75) is 0 Å². The smallest absolute Gasteiger partial charge is 0.283 e. The molecule has 6 nitrogen and oxygen atoms in total. The number of benzene rings is 1. The molecule has 0 unspecified atom stereocenters. The van der Waals surface area contributed by atoms with Crippen LogP contribution in [0.5, 0.6) is 0 Å². The lowest BCUT2D eigenvalue weighted by atomic mass is 10.2. The maximum absolute atomic E-state index is 11.9. The van der Waals surface area contributed by atoms with Gasteiger partial charge in [-0.2, -0.15) is 0 Å². The van der Waals surface area contributed by atoms with E-state index in [-0.39, 0.29) is 21.0 Å². The molecule has 0 saturated heterocycles. The molecule has 0 spiro atoms. The summed E-state index contributed by atoms with van der Waals surface area (Å²) in [5, 5.41) is 13.5. The van der Waals surface area contributed by atoms with Gasteiger partial charge in [-0.25, -0.2) is 4.98 Å². The summed E-state index contributed by atoms with van der Waals surface area (Å²) >= 11 is 8.77. The number of anilines is 1. The van der Waals surface area contributed by atoms with Crippen molar-refractivity contribution in [1.29, 1.82) is 0 Å². The maximum Gasteiger partial charge on any atom is 0.283 e. The fourth-order valence-corrected chi connectivity index (χ4v) is 2.15. The Morgan fingerprint density at radius 1 is 1.35 bits per heavy atom. The number of hydrogen-bond acceptors (Lipinski definition) is 4. The quantitative estimate of drug-likeness (QED) is 0.516. The van der Waals surface area contributed by atoms with Gasteiger partial charge in [0, 0.05) is 11.8 Å². The first kappa shape index (κ1) is 14.4. The Balaban J connectivity index is 2.20. The topological polar surface area (TPSA) is 85.1 Å². The minimum atomic E-state index is -0.520. The molecule has 0 aliphatic heterocycles. The van der Waals surface area contributed by atoms with Crippen molar-refractivity contribution in [2.24, 2.45) is 0 Å². The summed E-state index contributed by atoms with van der Waals surface area (Å²) in [5.41, 5.74) is 0.491. The second kappa shape index (κ2) is 5.98. The van der Waals surface area contributed by atoms with E-state index in [1.165, 1.54) is 24.3 Å². The van der Waals surface area contributed by atoms with Gasteiger partial charge in [0.1, 0.15) is 10.8 Å². The first-order valence-electron chi connectivity index (χ1n) is 5.35. The van der Waals surface area contributed by atoms with Gasteiger partial charge < -0.3 is 5.32 Å². The van der Waals surface area contributed by atoms with Gasteiger partial charge in [0.05, 0.1) is 9.40 Å². The molecule has 8 heteroatoms. The van der Waals surface area contributed by atoms with Crippen molar-refractivity contribution >= 4 is 44.8 Å². The van der Waals surface area contributed by atoms with Crippen LogP contribution in [0.1, 0.15) is 10.5 Å². The Kier molecular flexibility index (Phi) is 4.31. The van der Waals surface area contributed by atoms with Crippen LogP contribution in [-0.2, 0) is 0 Å². The molecule has 1 N–H and O–H groups in total. The van der Waals surface area contributed by atoms with E-state index in [2.05, 4.69) is 26.2 Å². The summed E-state index contributed by atoms with van der Waals surface area (Å²) in [5.74, 6) is -0.451. The predicted molar refractivity (Wildman–Crippen MR) is 78.0 cm³/mol. The number of nitro groups is 1. The molecule has 20 heavy (non-hydrogen) atoms. The van der Waals surface area contributed by atoms with Crippen LogP contribution in [0, 0.1) is 10.1 Å². The summed E-state index contributed by atoms with van der Waals surface area (Å²) < 4.78 is 0.277. The van der Waals surface area contributed by atoms with Crippen molar-refractivity contribution in [2.75, 3.05) is 5.32 Å². The molecule has 0 aliphatic rings. The first-order chi connectivity index (χ1) is 9.47. The van der Waals surface area contributed by atoms with Crippen LogP contribution in [0.3, 0.4) is 0 Å². The number of halogens is 2. The Labute approximate surface area is 127 Å². The fourth-order valence-electron chi connectivity index (χ4n) is 1.46. The van der Waals surface area contributed by atoms with Crippen molar-refractivity contribution in [3.8, 4) is 0 Å². The van der Waals surface area contributed by atoms with E-state index >= 15 is 0 Å². The van der Waals surface area contributed by atoms with Gasteiger partial charge in [0.2, 0.25) is 0 Å². The Morgan fingerprint density at radius 3 is 2.70 bits per heavy atom. The third kappa shape index (κ3) is 3.31. The van der Waals surface area contributed by atoms with E-state index in [9.17, 15) is 14.9 Å². The maximum atomic E-state index is 11.9. The second-order valence-corrected chi connectivity index (χ2v) is 4.96. The van der Waals surface area contributed by atoms with Crippen LogP contribution in [0.25, 0.3) is 0 Å². The monoisotopic (exact) mass is 355 g/mol. The molecular formula is C12H7BrClN3O3. The molecule has 102 valence electrons. The zero-order chi connectivity index (χ0) is 14.7. The summed E-state index contributed by atoms with van der Waals surface area (Å²) in [6.45, 7) is 0. The number of rotatable bonds is 3. The zero-order valence-electron chi connectivity index (χ0n) is 9.84. The molecule has 1 heterocycles. The fraction of sp³-hybridized carbons (Fsp3) is 0. The number of hydrogen-bond donors (Lipinski definition) is 1. The molecule has 1 aromatic carbocycles. The standard InChI is InChI=1S/C12H7BrClN3O3/c13-8-6-7(4-5-10(8)17(19)20)15-12(18)9-2-1-3-11(14)16-9/h1-6H,(H,15,18). The Morgan fingerprint density at radius 2 is 2.10 bits per heavy atom. The molecule has 2 aromatic rings. The number of nitro benzene ring substituents is 1. The van der Waals surface area contributed by atoms with Crippen molar-refractivity contribution in [3.63, 3.8) is 0 Å². The van der Waals surface area contributed by atoms with Gasteiger partial charge in [-0.15, -0.1) is 0 Å². The van der Waals surface area contributed by atoms with E-state index < -0.39 is 10.8 Å². The van der Waals surface area contributed by atoms with E-state index in [1.54, 1.807) is 12.1 Å². The lowest BCUT2D eigenvalue weighted by molar-refractivity contribution is -0.385. The van der Waals surface area contributed by atoms with Gasteiger partial charge in [-0.1, -0.05) is 17.7 Å². The lowest BCUT2D eigenvalue weighted by Gasteiger charge is -2.05. The molecule has 0 bridgehead atoms. The van der Waals surface area contributed by atoms with Crippen LogP contribution >= 0.6 is 27.5 Å². The highest BCUT2D eigenvalue weighted by Crippen LogP contribution is 2.27. The number of carbonyl (C=O) groups excluding carboxylic acids is 1. The van der Waals surface area contributed by atoms with Crippen molar-refractivity contribution in [1.82, 2.24) is 4.98 Å². The average Bonchev–Trinajstić information content (AvgIpc) is 2.38. The molecule has 0 atom stereocenters. The van der Waals surface area contributed by atoms with Crippen molar-refractivity contribution < 1.29 is 9.72 Å². The average molecular weight is 357 g/mol. The Bertz CT molecular complexity index is 693. The van der Waals surface area contributed by atoms with Crippen LogP contribution < -0.4 is 5.32 Å². The number of nitrogens with one attached hydrogen (secondary N) is 1. The van der Waals surface area contributed by atoms with E-state index in [4.69, 9.17) is 11.6 Å². The highest BCUT2D eigenvalue weighted by atomic mass is 79.9. The largest absolute Gasteiger partial charge is 0.321 e. The number of aromatic nitrogens is 1. The third-order valence-electron chi connectivity index (χ3n) is 2.35. The number of carbonyl (C=O) groups is 1. The molecular weight excluding hydrogens is 350 g/mol. The first-order valence-corrected chi connectivity index (χ1v) is 6.52. The SMILES string of the molecule is O=C(Nc1ccc([N+](=O)[O-])c(Br)c1)c1cccc(Cl)n1. The van der Waals surface area contributed by atoms with Gasteiger partial charge in [-0.05, 0) is 40.2 Å². The van der Waals surface area contributed by atoms with Crippen LogP contribution in [0.4, 0.5) is 11.4 Å². The molecule has 0 fully saturated rings. The molecule has 0 aliphatic carbocycles. The van der Waals surface area contributed by atoms with Gasteiger partial charge >= 0.3 is 0 Å². The number of amides is 1.